The van der Waals surface area contributed by atoms with E-state index < -0.39 is 5.60 Å². The standard InChI is InChI=1S/C17H27N3O2/c1-20(13-15-7-3-2-4-8-15)12-6-11-18-16(21)19-14-17(22)9-5-10-17/h2-4,7-8,22H,5-6,9-14H2,1H3,(H2,18,19,21). The van der Waals surface area contributed by atoms with Gasteiger partial charge in [-0.2, -0.15) is 0 Å². The highest BCUT2D eigenvalue weighted by molar-refractivity contribution is 5.73. The number of carbonyl (C=O) groups excluding carboxylic acids is 1. The molecule has 0 aromatic heterocycles. The molecule has 0 aliphatic heterocycles. The minimum absolute atomic E-state index is 0.189. The first-order valence-corrected chi connectivity index (χ1v) is 8.04. The molecule has 0 bridgehead atoms. The molecule has 0 radical (unpaired) electrons. The van der Waals surface area contributed by atoms with E-state index >= 15 is 0 Å². The minimum Gasteiger partial charge on any atom is -0.388 e. The van der Waals surface area contributed by atoms with E-state index in [4.69, 9.17) is 0 Å². The first-order chi connectivity index (χ1) is 10.6. The molecule has 0 saturated heterocycles. The number of hydrogen-bond acceptors (Lipinski definition) is 3. The van der Waals surface area contributed by atoms with E-state index in [1.807, 2.05) is 18.2 Å². The Balaban J connectivity index is 1.52. The molecule has 122 valence electrons. The lowest BCUT2D eigenvalue weighted by Gasteiger charge is -2.36. The Bertz CT molecular complexity index is 460. The van der Waals surface area contributed by atoms with Gasteiger partial charge in [0.25, 0.3) is 0 Å². The summed E-state index contributed by atoms with van der Waals surface area (Å²) in [6.07, 6.45) is 3.53. The Labute approximate surface area is 132 Å². The van der Waals surface area contributed by atoms with Gasteiger partial charge in [0.1, 0.15) is 0 Å². The van der Waals surface area contributed by atoms with Gasteiger partial charge in [0.05, 0.1) is 5.60 Å². The average molecular weight is 305 g/mol. The summed E-state index contributed by atoms with van der Waals surface area (Å²) in [6.45, 7) is 2.84. The zero-order chi connectivity index (χ0) is 15.8. The van der Waals surface area contributed by atoms with E-state index in [0.717, 1.165) is 38.8 Å². The molecule has 1 saturated carbocycles. The molecule has 3 N–H and O–H groups in total. The lowest BCUT2D eigenvalue weighted by Crippen LogP contribution is -2.50. The van der Waals surface area contributed by atoms with Crippen LogP contribution in [0, 0.1) is 0 Å². The normalized spacial score (nSPS) is 16.1. The summed E-state index contributed by atoms with van der Waals surface area (Å²) in [6, 6.07) is 10.2. The van der Waals surface area contributed by atoms with Gasteiger partial charge in [0, 0.05) is 19.6 Å². The van der Waals surface area contributed by atoms with Gasteiger partial charge in [-0.3, -0.25) is 0 Å². The fourth-order valence-electron chi connectivity index (χ4n) is 2.59. The molecule has 2 amide bonds. The molecular formula is C17H27N3O2. The molecule has 0 spiro atoms. The molecule has 1 fully saturated rings. The third-order valence-corrected chi connectivity index (χ3v) is 4.16. The summed E-state index contributed by atoms with van der Waals surface area (Å²) < 4.78 is 0. The lowest BCUT2D eigenvalue weighted by molar-refractivity contribution is -0.0290. The Hall–Kier alpha value is -1.59. The van der Waals surface area contributed by atoms with Crippen molar-refractivity contribution in [3.05, 3.63) is 35.9 Å². The number of nitrogens with one attached hydrogen (secondary N) is 2. The molecule has 1 aromatic rings. The van der Waals surface area contributed by atoms with Crippen molar-refractivity contribution in [2.75, 3.05) is 26.7 Å². The van der Waals surface area contributed by atoms with Crippen LogP contribution in [0.2, 0.25) is 0 Å². The van der Waals surface area contributed by atoms with Crippen molar-refractivity contribution in [2.45, 2.75) is 37.8 Å². The van der Waals surface area contributed by atoms with Crippen LogP contribution in [0.5, 0.6) is 0 Å². The van der Waals surface area contributed by atoms with Gasteiger partial charge in [0.15, 0.2) is 0 Å². The molecule has 22 heavy (non-hydrogen) atoms. The van der Waals surface area contributed by atoms with Crippen LogP contribution in [0.25, 0.3) is 0 Å². The molecule has 1 aliphatic rings. The second kappa shape index (κ2) is 8.15. The van der Waals surface area contributed by atoms with E-state index in [0.29, 0.717) is 13.1 Å². The average Bonchev–Trinajstić information content (AvgIpc) is 2.48. The third kappa shape index (κ3) is 5.66. The molecule has 0 atom stereocenters. The summed E-state index contributed by atoms with van der Waals surface area (Å²) in [5, 5.41) is 15.5. The third-order valence-electron chi connectivity index (χ3n) is 4.16. The van der Waals surface area contributed by atoms with Gasteiger partial charge >= 0.3 is 6.03 Å². The Morgan fingerprint density at radius 2 is 2.00 bits per heavy atom. The van der Waals surface area contributed by atoms with E-state index in [1.165, 1.54) is 5.56 Å². The van der Waals surface area contributed by atoms with Crippen LogP contribution in [-0.2, 0) is 6.54 Å². The molecule has 5 heteroatoms. The summed E-state index contributed by atoms with van der Waals surface area (Å²) in [4.78, 5) is 13.9. The quantitative estimate of drug-likeness (QED) is 0.641. The second-order valence-corrected chi connectivity index (χ2v) is 6.26. The summed E-state index contributed by atoms with van der Waals surface area (Å²) in [5.74, 6) is 0. The first-order valence-electron chi connectivity index (χ1n) is 8.04. The van der Waals surface area contributed by atoms with Crippen molar-refractivity contribution in [1.29, 1.82) is 0 Å². The van der Waals surface area contributed by atoms with Crippen molar-refractivity contribution in [2.24, 2.45) is 0 Å². The molecule has 1 aliphatic carbocycles. The fraction of sp³-hybridized carbons (Fsp3) is 0.588. The first kappa shape index (κ1) is 16.8. The number of rotatable bonds is 8. The highest BCUT2D eigenvalue weighted by Gasteiger charge is 2.34. The van der Waals surface area contributed by atoms with Crippen molar-refractivity contribution in [1.82, 2.24) is 15.5 Å². The van der Waals surface area contributed by atoms with Crippen molar-refractivity contribution in [3.8, 4) is 0 Å². The summed E-state index contributed by atoms with van der Waals surface area (Å²) in [7, 11) is 2.08. The van der Waals surface area contributed by atoms with Crippen LogP contribution in [0.3, 0.4) is 0 Å². The van der Waals surface area contributed by atoms with Crippen molar-refractivity contribution in [3.63, 3.8) is 0 Å². The lowest BCUT2D eigenvalue weighted by atomic mass is 9.80. The van der Waals surface area contributed by atoms with Gasteiger partial charge in [-0.1, -0.05) is 30.3 Å². The number of amides is 2. The SMILES string of the molecule is CN(CCCNC(=O)NCC1(O)CCC1)Cc1ccccc1. The van der Waals surface area contributed by atoms with E-state index in [2.05, 4.69) is 34.7 Å². The maximum atomic E-state index is 11.6. The summed E-state index contributed by atoms with van der Waals surface area (Å²) >= 11 is 0. The van der Waals surface area contributed by atoms with Gasteiger partial charge in [-0.25, -0.2) is 4.79 Å². The molecule has 0 unspecified atom stereocenters. The van der Waals surface area contributed by atoms with Crippen LogP contribution < -0.4 is 10.6 Å². The van der Waals surface area contributed by atoms with Crippen LogP contribution in [0.1, 0.15) is 31.2 Å². The summed E-state index contributed by atoms with van der Waals surface area (Å²) in [5.41, 5.74) is 0.636. The molecule has 0 heterocycles. The number of hydrogen-bond donors (Lipinski definition) is 3. The molecular weight excluding hydrogens is 278 g/mol. The number of urea groups is 1. The van der Waals surface area contributed by atoms with E-state index in [1.54, 1.807) is 0 Å². The van der Waals surface area contributed by atoms with Crippen LogP contribution >= 0.6 is 0 Å². The highest BCUT2D eigenvalue weighted by Crippen LogP contribution is 2.30. The van der Waals surface area contributed by atoms with Crippen LogP contribution in [-0.4, -0.2) is 48.3 Å². The predicted octanol–water partition coefficient (Wildman–Crippen LogP) is 1.72. The fourth-order valence-corrected chi connectivity index (χ4v) is 2.59. The van der Waals surface area contributed by atoms with E-state index in [9.17, 15) is 9.90 Å². The number of nitrogens with zero attached hydrogens (tertiary/aromatic N) is 1. The topological polar surface area (TPSA) is 64.6 Å². The number of benzene rings is 1. The van der Waals surface area contributed by atoms with Gasteiger partial charge in [0.2, 0.25) is 0 Å². The van der Waals surface area contributed by atoms with Gasteiger partial charge in [-0.05, 0) is 44.8 Å². The largest absolute Gasteiger partial charge is 0.388 e. The molecule has 2 rings (SSSR count). The second-order valence-electron chi connectivity index (χ2n) is 6.26. The Morgan fingerprint density at radius 1 is 1.27 bits per heavy atom. The van der Waals surface area contributed by atoms with Gasteiger partial charge < -0.3 is 20.6 Å². The Kier molecular flexibility index (Phi) is 6.21. The van der Waals surface area contributed by atoms with Crippen LogP contribution in [0.15, 0.2) is 30.3 Å². The highest BCUT2D eigenvalue weighted by atomic mass is 16.3. The zero-order valence-corrected chi connectivity index (χ0v) is 13.3. The van der Waals surface area contributed by atoms with E-state index in [-0.39, 0.29) is 6.03 Å². The monoisotopic (exact) mass is 305 g/mol. The van der Waals surface area contributed by atoms with Crippen molar-refractivity contribution >= 4 is 6.03 Å². The number of carbonyl (C=O) groups is 1. The predicted molar refractivity (Wildman–Crippen MR) is 87.6 cm³/mol. The molecule has 5 nitrogen and oxygen atoms in total. The Morgan fingerprint density at radius 3 is 2.64 bits per heavy atom. The zero-order valence-electron chi connectivity index (χ0n) is 13.3. The maximum absolute atomic E-state index is 11.6. The smallest absolute Gasteiger partial charge is 0.314 e. The molecule has 1 aromatic carbocycles. The number of aliphatic hydroxyl groups is 1. The van der Waals surface area contributed by atoms with Gasteiger partial charge in [-0.15, -0.1) is 0 Å². The van der Waals surface area contributed by atoms with Crippen LogP contribution in [0.4, 0.5) is 4.79 Å². The van der Waals surface area contributed by atoms with Crippen molar-refractivity contribution < 1.29 is 9.90 Å². The minimum atomic E-state index is -0.659. The maximum Gasteiger partial charge on any atom is 0.314 e.